The Kier molecular flexibility index (Phi) is 4.63. The van der Waals surface area contributed by atoms with Gasteiger partial charge in [0.25, 0.3) is 5.91 Å². The number of rotatable bonds is 4. The highest BCUT2D eigenvalue weighted by Gasteiger charge is 2.28. The van der Waals surface area contributed by atoms with Gasteiger partial charge in [0, 0.05) is 30.8 Å². The van der Waals surface area contributed by atoms with Gasteiger partial charge < -0.3 is 20.6 Å². The number of hydrogen-bond donors (Lipinski definition) is 3. The summed E-state index contributed by atoms with van der Waals surface area (Å²) in [7, 11) is 0. The molecule has 2 aromatic rings. The van der Waals surface area contributed by atoms with E-state index in [0.717, 1.165) is 35.6 Å². The van der Waals surface area contributed by atoms with Gasteiger partial charge in [0.2, 0.25) is 0 Å². The zero-order chi connectivity index (χ0) is 17.2. The number of hydrogen-bond acceptors (Lipinski definition) is 5. The quantitative estimate of drug-likeness (QED) is 0.787. The van der Waals surface area contributed by atoms with Crippen LogP contribution in [-0.4, -0.2) is 30.6 Å². The molecule has 0 radical (unpaired) electrons. The third kappa shape index (κ3) is 3.37. The third-order valence-corrected chi connectivity index (χ3v) is 6.05. The number of phenols is 1. The fourth-order valence-electron chi connectivity index (χ4n) is 3.72. The van der Waals surface area contributed by atoms with Crippen LogP contribution in [-0.2, 0) is 13.1 Å². The molecule has 132 valence electrons. The van der Waals surface area contributed by atoms with Gasteiger partial charge >= 0.3 is 0 Å². The molecule has 0 spiro atoms. The molecule has 1 unspecified atom stereocenters. The first-order valence-electron chi connectivity index (χ1n) is 8.83. The second kappa shape index (κ2) is 7.06. The number of aromatic hydroxyl groups is 1. The molecule has 3 heterocycles. The predicted octanol–water partition coefficient (Wildman–Crippen LogP) is 2.70. The SMILES string of the molecule is O=C(NCC1CCCNC1)c1ccc(O)c2c1CN(c1cccs1)C2. The van der Waals surface area contributed by atoms with Gasteiger partial charge in [0.15, 0.2) is 0 Å². The van der Waals surface area contributed by atoms with Crippen molar-refractivity contribution in [1.82, 2.24) is 10.6 Å². The summed E-state index contributed by atoms with van der Waals surface area (Å²) in [6.07, 6.45) is 2.33. The van der Waals surface area contributed by atoms with Crippen molar-refractivity contribution in [2.45, 2.75) is 25.9 Å². The molecular weight excluding hydrogens is 334 g/mol. The summed E-state index contributed by atoms with van der Waals surface area (Å²) in [6.45, 7) is 4.07. The van der Waals surface area contributed by atoms with Crippen LogP contribution in [0, 0.1) is 5.92 Å². The number of piperidine rings is 1. The van der Waals surface area contributed by atoms with E-state index in [9.17, 15) is 9.90 Å². The van der Waals surface area contributed by atoms with Gasteiger partial charge in [-0.1, -0.05) is 0 Å². The van der Waals surface area contributed by atoms with Crippen molar-refractivity contribution >= 4 is 22.2 Å². The molecule has 6 heteroatoms. The highest BCUT2D eigenvalue weighted by molar-refractivity contribution is 7.14. The van der Waals surface area contributed by atoms with Crippen molar-refractivity contribution < 1.29 is 9.90 Å². The maximum absolute atomic E-state index is 12.7. The maximum atomic E-state index is 12.7. The standard InChI is InChI=1S/C19H23N3O2S/c23-17-6-5-14(19(24)21-10-13-3-1-7-20-9-13)15-11-22(12-16(15)17)18-4-2-8-25-18/h2,4-6,8,13,20,23H,1,3,7,9-12H2,(H,21,24). The lowest BCUT2D eigenvalue weighted by atomic mass is 9.98. The summed E-state index contributed by atoms with van der Waals surface area (Å²) >= 11 is 1.68. The molecule has 1 atom stereocenters. The van der Waals surface area contributed by atoms with E-state index in [2.05, 4.69) is 21.6 Å². The Morgan fingerprint density at radius 3 is 2.96 bits per heavy atom. The van der Waals surface area contributed by atoms with Gasteiger partial charge in [0.1, 0.15) is 5.75 Å². The Labute approximate surface area is 151 Å². The fourth-order valence-corrected chi connectivity index (χ4v) is 4.46. The van der Waals surface area contributed by atoms with Crippen molar-refractivity contribution in [3.8, 4) is 5.75 Å². The smallest absolute Gasteiger partial charge is 0.251 e. The lowest BCUT2D eigenvalue weighted by molar-refractivity contribution is 0.0944. The predicted molar refractivity (Wildman–Crippen MR) is 100 cm³/mol. The number of phenolic OH excluding ortho intramolecular Hbond substituents is 1. The summed E-state index contributed by atoms with van der Waals surface area (Å²) in [5.41, 5.74) is 2.52. The number of benzene rings is 1. The van der Waals surface area contributed by atoms with Crippen molar-refractivity contribution in [2.75, 3.05) is 24.5 Å². The molecule has 3 N–H and O–H groups in total. The zero-order valence-corrected chi connectivity index (χ0v) is 14.9. The van der Waals surface area contributed by atoms with Crippen molar-refractivity contribution in [3.05, 3.63) is 46.3 Å². The Morgan fingerprint density at radius 1 is 1.32 bits per heavy atom. The molecule has 1 aromatic heterocycles. The number of carbonyl (C=O) groups is 1. The maximum Gasteiger partial charge on any atom is 0.251 e. The number of amides is 1. The van der Waals surface area contributed by atoms with Gasteiger partial charge in [0.05, 0.1) is 5.00 Å². The first-order chi connectivity index (χ1) is 12.2. The van der Waals surface area contributed by atoms with E-state index in [1.54, 1.807) is 23.5 Å². The minimum absolute atomic E-state index is 0.0325. The summed E-state index contributed by atoms with van der Waals surface area (Å²) in [4.78, 5) is 14.9. The number of thiophene rings is 1. The highest BCUT2D eigenvalue weighted by Crippen LogP contribution is 2.37. The molecule has 0 saturated carbocycles. The van der Waals surface area contributed by atoms with E-state index in [-0.39, 0.29) is 11.7 Å². The lowest BCUT2D eigenvalue weighted by Gasteiger charge is -2.23. The Hall–Kier alpha value is -2.05. The van der Waals surface area contributed by atoms with Gasteiger partial charge in [-0.25, -0.2) is 0 Å². The second-order valence-corrected chi connectivity index (χ2v) is 7.75. The molecule has 2 aliphatic rings. The van der Waals surface area contributed by atoms with Gasteiger partial charge in [-0.3, -0.25) is 4.79 Å². The first-order valence-corrected chi connectivity index (χ1v) is 9.71. The number of nitrogens with one attached hydrogen (secondary N) is 2. The zero-order valence-electron chi connectivity index (χ0n) is 14.1. The average Bonchev–Trinajstić information content (AvgIpc) is 3.30. The van der Waals surface area contributed by atoms with E-state index >= 15 is 0 Å². The van der Waals surface area contributed by atoms with Crippen LogP contribution in [0.1, 0.15) is 34.3 Å². The van der Waals surface area contributed by atoms with Crippen LogP contribution in [0.15, 0.2) is 29.6 Å². The Morgan fingerprint density at radius 2 is 2.20 bits per heavy atom. The fraction of sp³-hybridized carbons (Fsp3) is 0.421. The summed E-state index contributed by atoms with van der Waals surface area (Å²) in [6, 6.07) is 7.49. The normalized spacial score (nSPS) is 19.7. The van der Waals surface area contributed by atoms with Gasteiger partial charge in [-0.15, -0.1) is 11.3 Å². The largest absolute Gasteiger partial charge is 0.508 e. The molecule has 5 nitrogen and oxygen atoms in total. The van der Waals surface area contributed by atoms with Crippen molar-refractivity contribution in [3.63, 3.8) is 0 Å². The van der Waals surface area contributed by atoms with E-state index in [1.807, 2.05) is 11.4 Å². The third-order valence-electron chi connectivity index (χ3n) is 5.12. The topological polar surface area (TPSA) is 64.6 Å². The van der Waals surface area contributed by atoms with Crippen LogP contribution < -0.4 is 15.5 Å². The molecule has 1 amide bonds. The van der Waals surface area contributed by atoms with E-state index < -0.39 is 0 Å². The highest BCUT2D eigenvalue weighted by atomic mass is 32.1. The Bertz CT molecular complexity index is 754. The van der Waals surface area contributed by atoms with Crippen LogP contribution in [0.25, 0.3) is 0 Å². The molecule has 2 aliphatic heterocycles. The molecule has 1 aromatic carbocycles. The molecule has 1 fully saturated rings. The lowest BCUT2D eigenvalue weighted by Crippen LogP contribution is -2.38. The van der Waals surface area contributed by atoms with Crippen LogP contribution in [0.5, 0.6) is 5.75 Å². The van der Waals surface area contributed by atoms with Gasteiger partial charge in [-0.2, -0.15) is 0 Å². The van der Waals surface area contributed by atoms with E-state index in [1.165, 1.54) is 6.42 Å². The van der Waals surface area contributed by atoms with Crippen LogP contribution in [0.4, 0.5) is 5.00 Å². The van der Waals surface area contributed by atoms with Crippen LogP contribution in [0.2, 0.25) is 0 Å². The second-order valence-electron chi connectivity index (χ2n) is 6.82. The van der Waals surface area contributed by atoms with Crippen LogP contribution >= 0.6 is 11.3 Å². The molecule has 0 aliphatic carbocycles. The molecule has 1 saturated heterocycles. The summed E-state index contributed by atoms with van der Waals surface area (Å²) in [5, 5.41) is 19.9. The molecule has 4 rings (SSSR count). The molecular formula is C19H23N3O2S. The summed E-state index contributed by atoms with van der Waals surface area (Å²) in [5.74, 6) is 0.752. The monoisotopic (exact) mass is 357 g/mol. The van der Waals surface area contributed by atoms with Crippen molar-refractivity contribution in [1.29, 1.82) is 0 Å². The van der Waals surface area contributed by atoms with E-state index in [4.69, 9.17) is 0 Å². The van der Waals surface area contributed by atoms with Gasteiger partial charge in [-0.05, 0) is 67.1 Å². The Balaban J connectivity index is 1.50. The van der Waals surface area contributed by atoms with E-state index in [0.29, 0.717) is 31.1 Å². The summed E-state index contributed by atoms with van der Waals surface area (Å²) < 4.78 is 0. The van der Waals surface area contributed by atoms with Crippen molar-refractivity contribution in [2.24, 2.45) is 5.92 Å². The molecule has 25 heavy (non-hydrogen) atoms. The minimum atomic E-state index is -0.0325. The number of nitrogens with zero attached hydrogens (tertiary/aromatic N) is 1. The minimum Gasteiger partial charge on any atom is -0.508 e. The average molecular weight is 357 g/mol. The number of fused-ring (bicyclic) bond motifs is 1. The van der Waals surface area contributed by atoms with Crippen LogP contribution in [0.3, 0.4) is 0 Å². The number of carbonyl (C=O) groups excluding carboxylic acids is 1. The molecule has 0 bridgehead atoms. The number of anilines is 1. The first kappa shape index (κ1) is 16.4.